The van der Waals surface area contributed by atoms with Gasteiger partial charge in [0.25, 0.3) is 5.91 Å². The lowest BCUT2D eigenvalue weighted by atomic mass is 10.2. The molecule has 3 aromatic carbocycles. The topological polar surface area (TPSA) is 86.2 Å². The third-order valence-corrected chi connectivity index (χ3v) is 6.95. The van der Waals surface area contributed by atoms with Crippen LogP contribution in [0.5, 0.6) is 17.2 Å². The van der Waals surface area contributed by atoms with Crippen molar-refractivity contribution in [1.29, 1.82) is 0 Å². The number of carbonyl (C=O) groups is 2. The first-order valence-electron chi connectivity index (χ1n) is 10.3. The van der Waals surface area contributed by atoms with Crippen molar-refractivity contribution in [2.45, 2.75) is 0 Å². The molecule has 0 aliphatic rings. The molecule has 0 aliphatic heterocycles. The van der Waals surface area contributed by atoms with Crippen molar-refractivity contribution in [3.05, 3.63) is 86.2 Å². The SMILES string of the molecule is COc1cc(/C=N\NC(=O)COc2ccc(Cl)cc2Cl)ccc1OC(=O)c1sc2ccccc2c1Cl. The molecule has 36 heavy (non-hydrogen) atoms. The van der Waals surface area contributed by atoms with E-state index in [1.54, 1.807) is 30.3 Å². The Kier molecular flexibility index (Phi) is 8.32. The Morgan fingerprint density at radius 1 is 1.00 bits per heavy atom. The van der Waals surface area contributed by atoms with Crippen LogP contribution in [0.25, 0.3) is 10.1 Å². The van der Waals surface area contributed by atoms with E-state index < -0.39 is 11.9 Å². The van der Waals surface area contributed by atoms with Gasteiger partial charge in [-0.2, -0.15) is 5.10 Å². The number of hydrogen-bond acceptors (Lipinski definition) is 7. The Hall–Kier alpha value is -3.30. The van der Waals surface area contributed by atoms with E-state index in [9.17, 15) is 9.59 Å². The highest BCUT2D eigenvalue weighted by molar-refractivity contribution is 7.21. The maximum absolute atomic E-state index is 12.8. The second-order valence-corrected chi connectivity index (χ2v) is 9.47. The van der Waals surface area contributed by atoms with E-state index in [2.05, 4.69) is 10.5 Å². The fraction of sp³-hybridized carbons (Fsp3) is 0.0800. The third kappa shape index (κ3) is 6.09. The number of thiophene rings is 1. The molecule has 1 amide bonds. The van der Waals surface area contributed by atoms with E-state index >= 15 is 0 Å². The maximum Gasteiger partial charge on any atom is 0.355 e. The van der Waals surface area contributed by atoms with Crippen molar-refractivity contribution in [3.8, 4) is 17.2 Å². The standard InChI is InChI=1S/C25H17Cl3N2O5S/c1-33-20-10-14(12-29-30-22(31)13-34-18-9-7-15(26)11-17(18)27)6-8-19(20)35-25(32)24-23(28)16-4-2-3-5-21(16)36-24/h2-12H,13H2,1H3,(H,30,31)/b29-12-. The van der Waals surface area contributed by atoms with Crippen molar-refractivity contribution in [2.24, 2.45) is 5.10 Å². The predicted molar refractivity (Wildman–Crippen MR) is 142 cm³/mol. The minimum atomic E-state index is -0.589. The molecule has 0 fully saturated rings. The van der Waals surface area contributed by atoms with E-state index in [-0.39, 0.29) is 12.4 Å². The van der Waals surface area contributed by atoms with Crippen LogP contribution < -0.4 is 19.6 Å². The molecule has 0 radical (unpaired) electrons. The van der Waals surface area contributed by atoms with Crippen LogP contribution in [-0.2, 0) is 4.79 Å². The van der Waals surface area contributed by atoms with Gasteiger partial charge in [-0.25, -0.2) is 10.2 Å². The summed E-state index contributed by atoms with van der Waals surface area (Å²) in [5.41, 5.74) is 2.95. The number of halogens is 3. The molecule has 0 spiro atoms. The summed E-state index contributed by atoms with van der Waals surface area (Å²) in [6, 6.07) is 17.0. The van der Waals surface area contributed by atoms with Crippen molar-refractivity contribution in [2.75, 3.05) is 13.7 Å². The summed E-state index contributed by atoms with van der Waals surface area (Å²) in [5, 5.41) is 5.79. The van der Waals surface area contributed by atoms with Gasteiger partial charge in [0, 0.05) is 15.1 Å². The average Bonchev–Trinajstić information content (AvgIpc) is 3.21. The molecule has 1 N–H and O–H groups in total. The number of nitrogens with zero attached hydrogens (tertiary/aromatic N) is 1. The summed E-state index contributed by atoms with van der Waals surface area (Å²) in [6.45, 7) is -0.294. The molecular weight excluding hydrogens is 547 g/mol. The molecule has 7 nitrogen and oxygen atoms in total. The highest BCUT2D eigenvalue weighted by Gasteiger charge is 2.20. The number of rotatable bonds is 8. The summed E-state index contributed by atoms with van der Waals surface area (Å²) in [6.07, 6.45) is 1.41. The number of hydrazone groups is 1. The molecular formula is C25H17Cl3N2O5S. The van der Waals surface area contributed by atoms with Crippen molar-refractivity contribution >= 4 is 74.3 Å². The van der Waals surface area contributed by atoms with Gasteiger partial charge in [0.15, 0.2) is 18.1 Å². The third-order valence-electron chi connectivity index (χ3n) is 4.77. The highest BCUT2D eigenvalue weighted by Crippen LogP contribution is 2.37. The first kappa shape index (κ1) is 25.8. The molecule has 0 saturated heterocycles. The fourth-order valence-corrected chi connectivity index (χ4v) is 4.93. The lowest BCUT2D eigenvalue weighted by Crippen LogP contribution is -2.24. The van der Waals surface area contributed by atoms with Crippen LogP contribution in [0, 0.1) is 0 Å². The molecule has 184 valence electrons. The smallest absolute Gasteiger partial charge is 0.355 e. The Morgan fingerprint density at radius 2 is 1.78 bits per heavy atom. The van der Waals surface area contributed by atoms with Crippen LogP contribution in [0.3, 0.4) is 0 Å². The van der Waals surface area contributed by atoms with E-state index in [0.29, 0.717) is 37.0 Å². The summed E-state index contributed by atoms with van der Waals surface area (Å²) in [5.74, 6) is -0.238. The molecule has 11 heteroatoms. The number of nitrogens with one attached hydrogen (secondary N) is 1. The molecule has 0 atom stereocenters. The van der Waals surface area contributed by atoms with Gasteiger partial charge in [0.1, 0.15) is 10.6 Å². The number of esters is 1. The van der Waals surface area contributed by atoms with Gasteiger partial charge >= 0.3 is 5.97 Å². The Morgan fingerprint density at radius 3 is 2.53 bits per heavy atom. The summed E-state index contributed by atoms with van der Waals surface area (Å²) in [4.78, 5) is 25.1. The van der Waals surface area contributed by atoms with Crippen LogP contribution in [0.2, 0.25) is 15.1 Å². The number of amides is 1. The minimum absolute atomic E-state index is 0.213. The molecule has 0 aliphatic carbocycles. The summed E-state index contributed by atoms with van der Waals surface area (Å²) < 4.78 is 17.1. The Labute approximate surface area is 225 Å². The average molecular weight is 564 g/mol. The zero-order valence-corrected chi connectivity index (χ0v) is 21.7. The molecule has 1 heterocycles. The van der Waals surface area contributed by atoms with Gasteiger partial charge in [-0.05, 0) is 48.0 Å². The van der Waals surface area contributed by atoms with E-state index in [1.165, 1.54) is 30.7 Å². The number of benzene rings is 3. The molecule has 0 bridgehead atoms. The maximum atomic E-state index is 12.8. The number of hydrogen-bond donors (Lipinski definition) is 1. The molecule has 0 unspecified atom stereocenters. The normalized spacial score (nSPS) is 11.0. The zero-order chi connectivity index (χ0) is 25.7. The van der Waals surface area contributed by atoms with Gasteiger partial charge in [-0.15, -0.1) is 11.3 Å². The summed E-state index contributed by atoms with van der Waals surface area (Å²) in [7, 11) is 1.45. The van der Waals surface area contributed by atoms with E-state index in [1.807, 2.05) is 24.3 Å². The van der Waals surface area contributed by atoms with Gasteiger partial charge in [0.2, 0.25) is 0 Å². The number of fused-ring (bicyclic) bond motifs is 1. The quantitative estimate of drug-likeness (QED) is 0.113. The van der Waals surface area contributed by atoms with Crippen molar-refractivity contribution in [3.63, 3.8) is 0 Å². The number of ether oxygens (including phenoxy) is 3. The van der Waals surface area contributed by atoms with Gasteiger partial charge < -0.3 is 14.2 Å². The summed E-state index contributed by atoms with van der Waals surface area (Å²) >= 11 is 19.5. The monoisotopic (exact) mass is 562 g/mol. The van der Waals surface area contributed by atoms with E-state index in [4.69, 9.17) is 49.0 Å². The van der Waals surface area contributed by atoms with Gasteiger partial charge in [-0.3, -0.25) is 4.79 Å². The number of carbonyl (C=O) groups excluding carboxylic acids is 2. The first-order valence-corrected chi connectivity index (χ1v) is 12.3. The van der Waals surface area contributed by atoms with Crippen LogP contribution in [0.4, 0.5) is 0 Å². The first-order chi connectivity index (χ1) is 17.4. The highest BCUT2D eigenvalue weighted by atomic mass is 35.5. The fourth-order valence-electron chi connectivity index (χ4n) is 3.09. The number of methoxy groups -OCH3 is 1. The second kappa shape index (κ2) is 11.6. The zero-order valence-electron chi connectivity index (χ0n) is 18.6. The molecule has 4 aromatic rings. The largest absolute Gasteiger partial charge is 0.493 e. The Bertz CT molecular complexity index is 1470. The van der Waals surface area contributed by atoms with Crippen molar-refractivity contribution in [1.82, 2.24) is 5.43 Å². The Balaban J connectivity index is 1.37. The van der Waals surface area contributed by atoms with Gasteiger partial charge in [-0.1, -0.05) is 53.0 Å². The second-order valence-electron chi connectivity index (χ2n) is 7.20. The van der Waals surface area contributed by atoms with Crippen LogP contribution in [0.15, 0.2) is 65.8 Å². The predicted octanol–water partition coefficient (Wildman–Crippen LogP) is 6.62. The van der Waals surface area contributed by atoms with E-state index in [0.717, 1.165) is 10.1 Å². The molecule has 4 rings (SSSR count). The minimum Gasteiger partial charge on any atom is -0.493 e. The lowest BCUT2D eigenvalue weighted by molar-refractivity contribution is -0.123. The van der Waals surface area contributed by atoms with Crippen LogP contribution in [0.1, 0.15) is 15.2 Å². The molecule has 0 saturated carbocycles. The van der Waals surface area contributed by atoms with Crippen LogP contribution >= 0.6 is 46.1 Å². The lowest BCUT2D eigenvalue weighted by Gasteiger charge is -2.09. The van der Waals surface area contributed by atoms with Gasteiger partial charge in [0.05, 0.1) is 23.4 Å². The van der Waals surface area contributed by atoms with Crippen LogP contribution in [-0.4, -0.2) is 31.8 Å². The van der Waals surface area contributed by atoms with Crippen molar-refractivity contribution < 1.29 is 23.8 Å². The molecule has 1 aromatic heterocycles.